The first-order chi connectivity index (χ1) is 14.2. The normalized spacial score (nSPS) is 11.8. The van der Waals surface area contributed by atoms with E-state index in [-0.39, 0.29) is 12.7 Å². The number of aromatic nitrogens is 1. The molecular weight excluding hydrogens is 370 g/mol. The van der Waals surface area contributed by atoms with Crippen molar-refractivity contribution in [2.24, 2.45) is 0 Å². The molecule has 2 heterocycles. The van der Waals surface area contributed by atoms with Gasteiger partial charge < -0.3 is 24.8 Å². The monoisotopic (exact) mass is 391 g/mol. The van der Waals surface area contributed by atoms with Gasteiger partial charge in [0, 0.05) is 18.4 Å². The van der Waals surface area contributed by atoms with E-state index in [1.165, 1.54) is 0 Å². The molecule has 0 unspecified atom stereocenters. The second-order valence-corrected chi connectivity index (χ2v) is 6.35. The van der Waals surface area contributed by atoms with Crippen LogP contribution < -0.4 is 24.8 Å². The summed E-state index contributed by atoms with van der Waals surface area (Å²) >= 11 is 0. The summed E-state index contributed by atoms with van der Waals surface area (Å²) in [5.74, 6) is 1.90. The number of carbonyl (C=O) groups is 1. The van der Waals surface area contributed by atoms with Crippen LogP contribution >= 0.6 is 0 Å². The van der Waals surface area contributed by atoms with Crippen molar-refractivity contribution in [2.45, 2.75) is 13.5 Å². The number of ether oxygens (including phenoxy) is 3. The number of pyridine rings is 1. The molecule has 0 fully saturated rings. The Morgan fingerprint density at radius 1 is 1.10 bits per heavy atom. The summed E-state index contributed by atoms with van der Waals surface area (Å²) in [6.07, 6.45) is 1.60. The lowest BCUT2D eigenvalue weighted by atomic mass is 10.2. The fourth-order valence-electron chi connectivity index (χ4n) is 2.96. The Hall–Kier alpha value is -3.74. The predicted molar refractivity (Wildman–Crippen MR) is 109 cm³/mol. The molecule has 0 saturated carbocycles. The first kappa shape index (κ1) is 18.6. The molecule has 4 rings (SSSR count). The van der Waals surface area contributed by atoms with Gasteiger partial charge in [-0.15, -0.1) is 0 Å². The SMILES string of the molecule is CCOc1ccccc1Nc1ccnc(C(=O)NCc2ccc3c(c2)OCO3)c1. The van der Waals surface area contributed by atoms with Crippen LogP contribution in [0.25, 0.3) is 0 Å². The van der Waals surface area contributed by atoms with Gasteiger partial charge >= 0.3 is 0 Å². The zero-order valence-electron chi connectivity index (χ0n) is 16.0. The minimum atomic E-state index is -0.260. The van der Waals surface area contributed by atoms with Crippen LogP contribution in [0.2, 0.25) is 0 Å². The summed E-state index contributed by atoms with van der Waals surface area (Å²) in [6, 6.07) is 16.7. The molecule has 0 saturated heterocycles. The smallest absolute Gasteiger partial charge is 0.270 e. The Balaban J connectivity index is 1.42. The number of rotatable bonds is 7. The molecule has 0 spiro atoms. The molecule has 1 amide bonds. The van der Waals surface area contributed by atoms with Gasteiger partial charge in [0.05, 0.1) is 12.3 Å². The number of para-hydroxylation sites is 2. The van der Waals surface area contributed by atoms with Crippen LogP contribution in [0, 0.1) is 0 Å². The van der Waals surface area contributed by atoms with Gasteiger partial charge in [0.2, 0.25) is 6.79 Å². The largest absolute Gasteiger partial charge is 0.492 e. The van der Waals surface area contributed by atoms with E-state index in [4.69, 9.17) is 14.2 Å². The average Bonchev–Trinajstić information content (AvgIpc) is 3.22. The van der Waals surface area contributed by atoms with Crippen LogP contribution in [0.4, 0.5) is 11.4 Å². The van der Waals surface area contributed by atoms with Gasteiger partial charge in [0.25, 0.3) is 5.91 Å². The lowest BCUT2D eigenvalue weighted by Crippen LogP contribution is -2.23. The van der Waals surface area contributed by atoms with E-state index in [1.807, 2.05) is 49.4 Å². The summed E-state index contributed by atoms with van der Waals surface area (Å²) in [7, 11) is 0. The first-order valence-electron chi connectivity index (χ1n) is 9.34. The molecule has 0 radical (unpaired) electrons. The highest BCUT2D eigenvalue weighted by Crippen LogP contribution is 2.32. The Labute approximate surface area is 168 Å². The standard InChI is InChI=1S/C22H21N3O4/c1-2-27-19-6-4-3-5-17(19)25-16-9-10-23-18(12-16)22(26)24-13-15-7-8-20-21(11-15)29-14-28-20/h3-12H,2,13-14H2,1H3,(H,23,25)(H,24,26). The number of anilines is 2. The fraction of sp³-hybridized carbons (Fsp3) is 0.182. The molecule has 2 aromatic carbocycles. The van der Waals surface area contributed by atoms with Gasteiger partial charge in [0.15, 0.2) is 11.5 Å². The minimum Gasteiger partial charge on any atom is -0.492 e. The van der Waals surface area contributed by atoms with Crippen molar-refractivity contribution in [3.05, 3.63) is 72.1 Å². The third-order valence-electron chi connectivity index (χ3n) is 4.35. The highest BCUT2D eigenvalue weighted by Gasteiger charge is 2.14. The van der Waals surface area contributed by atoms with Crippen molar-refractivity contribution < 1.29 is 19.0 Å². The van der Waals surface area contributed by atoms with E-state index < -0.39 is 0 Å². The predicted octanol–water partition coefficient (Wildman–Crippen LogP) is 3.88. The molecule has 0 atom stereocenters. The Bertz CT molecular complexity index is 1020. The zero-order chi connectivity index (χ0) is 20.1. The van der Waals surface area contributed by atoms with Crippen LogP contribution in [-0.2, 0) is 6.54 Å². The van der Waals surface area contributed by atoms with Crippen LogP contribution in [0.5, 0.6) is 17.2 Å². The van der Waals surface area contributed by atoms with E-state index in [0.29, 0.717) is 30.3 Å². The van der Waals surface area contributed by atoms with Crippen LogP contribution in [0.3, 0.4) is 0 Å². The second-order valence-electron chi connectivity index (χ2n) is 6.35. The molecule has 3 aromatic rings. The summed E-state index contributed by atoms with van der Waals surface area (Å²) in [5.41, 5.74) is 2.82. The maximum absolute atomic E-state index is 12.5. The van der Waals surface area contributed by atoms with Gasteiger partial charge in [-0.05, 0) is 48.9 Å². The number of fused-ring (bicyclic) bond motifs is 1. The topological polar surface area (TPSA) is 81.7 Å². The highest BCUT2D eigenvalue weighted by molar-refractivity contribution is 5.93. The number of benzene rings is 2. The van der Waals surface area contributed by atoms with Gasteiger partial charge in [-0.25, -0.2) is 0 Å². The summed E-state index contributed by atoms with van der Waals surface area (Å²) < 4.78 is 16.3. The average molecular weight is 391 g/mol. The second kappa shape index (κ2) is 8.52. The Morgan fingerprint density at radius 2 is 1.97 bits per heavy atom. The fourth-order valence-corrected chi connectivity index (χ4v) is 2.96. The number of nitrogens with zero attached hydrogens (tertiary/aromatic N) is 1. The number of hydrogen-bond acceptors (Lipinski definition) is 6. The van der Waals surface area contributed by atoms with Crippen molar-refractivity contribution in [1.82, 2.24) is 10.3 Å². The van der Waals surface area contributed by atoms with Gasteiger partial charge in [0.1, 0.15) is 11.4 Å². The van der Waals surface area contributed by atoms with Crippen molar-refractivity contribution in [1.29, 1.82) is 0 Å². The van der Waals surface area contributed by atoms with Crippen LogP contribution in [0.1, 0.15) is 23.0 Å². The lowest BCUT2D eigenvalue weighted by molar-refractivity contribution is 0.0946. The highest BCUT2D eigenvalue weighted by atomic mass is 16.7. The third kappa shape index (κ3) is 4.40. The number of hydrogen-bond donors (Lipinski definition) is 2. The molecular formula is C22H21N3O4. The molecule has 1 aromatic heterocycles. The van der Waals surface area contributed by atoms with E-state index in [1.54, 1.807) is 18.3 Å². The van der Waals surface area contributed by atoms with Gasteiger partial charge in [-0.1, -0.05) is 18.2 Å². The Kier molecular flexibility index (Phi) is 5.47. The molecule has 1 aliphatic heterocycles. The number of amides is 1. The summed E-state index contributed by atoms with van der Waals surface area (Å²) in [6.45, 7) is 3.09. The molecule has 0 bridgehead atoms. The van der Waals surface area contributed by atoms with Crippen molar-refractivity contribution in [2.75, 3.05) is 18.7 Å². The van der Waals surface area contributed by atoms with E-state index >= 15 is 0 Å². The molecule has 7 heteroatoms. The van der Waals surface area contributed by atoms with Gasteiger partial charge in [-0.2, -0.15) is 0 Å². The Morgan fingerprint density at radius 3 is 2.86 bits per heavy atom. The van der Waals surface area contributed by atoms with Crippen LogP contribution in [-0.4, -0.2) is 24.3 Å². The summed E-state index contributed by atoms with van der Waals surface area (Å²) in [5, 5.41) is 6.16. The molecule has 0 aliphatic carbocycles. The molecule has 148 valence electrons. The molecule has 29 heavy (non-hydrogen) atoms. The number of carbonyl (C=O) groups excluding carboxylic acids is 1. The number of nitrogens with one attached hydrogen (secondary N) is 2. The zero-order valence-corrected chi connectivity index (χ0v) is 16.0. The summed E-state index contributed by atoms with van der Waals surface area (Å²) in [4.78, 5) is 16.7. The lowest BCUT2D eigenvalue weighted by Gasteiger charge is -2.13. The molecule has 1 aliphatic rings. The van der Waals surface area contributed by atoms with Gasteiger partial charge in [-0.3, -0.25) is 9.78 Å². The quantitative estimate of drug-likeness (QED) is 0.636. The van der Waals surface area contributed by atoms with E-state index in [9.17, 15) is 4.79 Å². The third-order valence-corrected chi connectivity index (χ3v) is 4.35. The van der Waals surface area contributed by atoms with Crippen molar-refractivity contribution in [3.63, 3.8) is 0 Å². The van der Waals surface area contributed by atoms with E-state index in [0.717, 1.165) is 22.7 Å². The molecule has 2 N–H and O–H groups in total. The van der Waals surface area contributed by atoms with Crippen molar-refractivity contribution in [3.8, 4) is 17.2 Å². The maximum Gasteiger partial charge on any atom is 0.270 e. The maximum atomic E-state index is 12.5. The van der Waals surface area contributed by atoms with Crippen LogP contribution in [0.15, 0.2) is 60.8 Å². The van der Waals surface area contributed by atoms with Crippen molar-refractivity contribution >= 4 is 17.3 Å². The van der Waals surface area contributed by atoms with E-state index in [2.05, 4.69) is 15.6 Å². The minimum absolute atomic E-state index is 0.223. The molecule has 7 nitrogen and oxygen atoms in total. The first-order valence-corrected chi connectivity index (χ1v) is 9.34.